The zero-order chi connectivity index (χ0) is 13.3. The van der Waals surface area contributed by atoms with E-state index in [1.807, 2.05) is 0 Å². The third kappa shape index (κ3) is 16.4. The van der Waals surface area contributed by atoms with Crippen molar-refractivity contribution in [1.29, 1.82) is 0 Å². The van der Waals surface area contributed by atoms with E-state index in [1.165, 1.54) is 88.8 Å². The summed E-state index contributed by atoms with van der Waals surface area (Å²) in [5.41, 5.74) is 0. The number of hydrogen-bond donors (Lipinski definition) is 0. The highest BCUT2D eigenvalue weighted by Gasteiger charge is 1.93. The van der Waals surface area contributed by atoms with E-state index in [4.69, 9.17) is 4.74 Å². The van der Waals surface area contributed by atoms with Gasteiger partial charge in [-0.3, -0.25) is 0 Å². The van der Waals surface area contributed by atoms with Crippen LogP contribution in [0.2, 0.25) is 0 Å². The van der Waals surface area contributed by atoms with Crippen molar-refractivity contribution in [3.63, 3.8) is 0 Å². The number of methoxy groups -OCH3 is 1. The summed E-state index contributed by atoms with van der Waals surface area (Å²) in [6.45, 7) is 0.940. The van der Waals surface area contributed by atoms with Gasteiger partial charge in [0.2, 0.25) is 0 Å². The number of hydrogen-bond acceptors (Lipinski definition) is 1. The molecular formula is C16H33BrO. The number of halogens is 1. The second-order valence-corrected chi connectivity index (χ2v) is 6.07. The molecule has 0 aliphatic carbocycles. The molecule has 0 aromatic carbocycles. The fourth-order valence-corrected chi connectivity index (χ4v) is 2.68. The fraction of sp³-hybridized carbons (Fsp3) is 1.00. The monoisotopic (exact) mass is 320 g/mol. The first kappa shape index (κ1) is 18.4. The first-order valence-electron chi connectivity index (χ1n) is 7.96. The minimum atomic E-state index is 0.940. The molecule has 0 aromatic heterocycles. The Labute approximate surface area is 123 Å². The fourth-order valence-electron chi connectivity index (χ4n) is 2.29. The molecule has 18 heavy (non-hydrogen) atoms. The molecule has 0 heterocycles. The van der Waals surface area contributed by atoms with E-state index in [0.29, 0.717) is 0 Å². The zero-order valence-electron chi connectivity index (χ0n) is 12.4. The van der Waals surface area contributed by atoms with Crippen molar-refractivity contribution in [3.05, 3.63) is 0 Å². The topological polar surface area (TPSA) is 9.23 Å². The van der Waals surface area contributed by atoms with Crippen LogP contribution in [0.4, 0.5) is 0 Å². The highest BCUT2D eigenvalue weighted by atomic mass is 79.9. The Bertz CT molecular complexity index is 123. The molecule has 0 spiro atoms. The lowest BCUT2D eigenvalue weighted by Gasteiger charge is -2.03. The average Bonchev–Trinajstić information content (AvgIpc) is 2.39. The van der Waals surface area contributed by atoms with Crippen LogP contribution in [0.3, 0.4) is 0 Å². The van der Waals surface area contributed by atoms with E-state index in [1.54, 1.807) is 7.11 Å². The minimum absolute atomic E-state index is 0.940. The maximum absolute atomic E-state index is 5.05. The zero-order valence-corrected chi connectivity index (χ0v) is 14.0. The van der Waals surface area contributed by atoms with Crippen molar-refractivity contribution in [2.45, 2.75) is 83.5 Å². The Hall–Kier alpha value is 0.440. The Morgan fingerprint density at radius 3 is 1.22 bits per heavy atom. The van der Waals surface area contributed by atoms with Crippen molar-refractivity contribution < 1.29 is 4.74 Å². The molecule has 0 N–H and O–H groups in total. The molecule has 0 saturated carbocycles. The maximum atomic E-state index is 5.05. The first-order chi connectivity index (χ1) is 8.91. The molecule has 2 heteroatoms. The molecular weight excluding hydrogens is 288 g/mol. The van der Waals surface area contributed by atoms with Crippen LogP contribution in [0.25, 0.3) is 0 Å². The van der Waals surface area contributed by atoms with Crippen molar-refractivity contribution >= 4 is 15.9 Å². The van der Waals surface area contributed by atoms with Gasteiger partial charge in [0.1, 0.15) is 0 Å². The van der Waals surface area contributed by atoms with Gasteiger partial charge in [-0.25, -0.2) is 0 Å². The Kier molecular flexibility index (Phi) is 17.9. The summed E-state index contributed by atoms with van der Waals surface area (Å²) in [5.74, 6) is 0. The molecule has 0 atom stereocenters. The molecule has 0 aromatic rings. The van der Waals surface area contributed by atoms with Gasteiger partial charge in [-0.15, -0.1) is 0 Å². The number of ether oxygens (including phenoxy) is 1. The van der Waals surface area contributed by atoms with Crippen molar-refractivity contribution in [2.75, 3.05) is 19.0 Å². The number of unbranched alkanes of at least 4 members (excludes halogenated alkanes) is 12. The van der Waals surface area contributed by atoms with Crippen LogP contribution in [0.5, 0.6) is 0 Å². The van der Waals surface area contributed by atoms with Gasteiger partial charge >= 0.3 is 0 Å². The molecule has 0 aliphatic heterocycles. The first-order valence-corrected chi connectivity index (χ1v) is 9.09. The van der Waals surface area contributed by atoms with E-state index < -0.39 is 0 Å². The highest BCUT2D eigenvalue weighted by molar-refractivity contribution is 9.09. The lowest BCUT2D eigenvalue weighted by atomic mass is 10.0. The van der Waals surface area contributed by atoms with Crippen LogP contribution in [0, 0.1) is 0 Å². The molecule has 0 aliphatic rings. The normalized spacial score (nSPS) is 11.0. The summed E-state index contributed by atoms with van der Waals surface area (Å²) >= 11 is 3.48. The molecule has 0 amide bonds. The molecule has 1 nitrogen and oxygen atoms in total. The van der Waals surface area contributed by atoms with Crippen LogP contribution in [-0.2, 0) is 4.74 Å². The third-order valence-electron chi connectivity index (χ3n) is 3.48. The lowest BCUT2D eigenvalue weighted by Crippen LogP contribution is -1.88. The SMILES string of the molecule is COCCCCCCCCCCCCCCCBr. The maximum Gasteiger partial charge on any atom is 0.0462 e. The largest absolute Gasteiger partial charge is 0.385 e. The Morgan fingerprint density at radius 2 is 0.889 bits per heavy atom. The van der Waals surface area contributed by atoms with Gasteiger partial charge in [-0.1, -0.05) is 86.6 Å². The highest BCUT2D eigenvalue weighted by Crippen LogP contribution is 2.12. The van der Waals surface area contributed by atoms with Gasteiger partial charge in [0.25, 0.3) is 0 Å². The van der Waals surface area contributed by atoms with Crippen molar-refractivity contribution in [2.24, 2.45) is 0 Å². The van der Waals surface area contributed by atoms with Gasteiger partial charge < -0.3 is 4.74 Å². The van der Waals surface area contributed by atoms with Crippen LogP contribution in [0.15, 0.2) is 0 Å². The van der Waals surface area contributed by atoms with Gasteiger partial charge in [0, 0.05) is 19.0 Å². The molecule has 0 saturated heterocycles. The van der Waals surface area contributed by atoms with Crippen LogP contribution >= 0.6 is 15.9 Å². The van der Waals surface area contributed by atoms with Crippen LogP contribution in [-0.4, -0.2) is 19.0 Å². The number of alkyl halides is 1. The van der Waals surface area contributed by atoms with E-state index in [2.05, 4.69) is 15.9 Å². The van der Waals surface area contributed by atoms with Crippen molar-refractivity contribution in [1.82, 2.24) is 0 Å². The van der Waals surface area contributed by atoms with Crippen LogP contribution < -0.4 is 0 Å². The van der Waals surface area contributed by atoms with Gasteiger partial charge in [-0.05, 0) is 12.8 Å². The predicted molar refractivity (Wildman–Crippen MR) is 85.7 cm³/mol. The third-order valence-corrected chi connectivity index (χ3v) is 4.04. The molecule has 0 fully saturated rings. The smallest absolute Gasteiger partial charge is 0.0462 e. The summed E-state index contributed by atoms with van der Waals surface area (Å²) in [6.07, 6.45) is 18.3. The van der Waals surface area contributed by atoms with Gasteiger partial charge in [-0.2, -0.15) is 0 Å². The standard InChI is InChI=1S/C16H33BrO/c1-18-16-14-12-10-8-6-4-2-3-5-7-9-11-13-15-17/h2-16H2,1H3. The average molecular weight is 321 g/mol. The van der Waals surface area contributed by atoms with Gasteiger partial charge in [0.05, 0.1) is 0 Å². The molecule has 0 radical (unpaired) electrons. The van der Waals surface area contributed by atoms with Crippen LogP contribution in [0.1, 0.15) is 83.5 Å². The molecule has 0 bridgehead atoms. The number of rotatable bonds is 15. The summed E-state index contributed by atoms with van der Waals surface area (Å²) in [4.78, 5) is 0. The van der Waals surface area contributed by atoms with E-state index >= 15 is 0 Å². The second kappa shape index (κ2) is 17.4. The Balaban J connectivity index is 2.86. The summed E-state index contributed by atoms with van der Waals surface area (Å²) in [5, 5.41) is 1.18. The minimum Gasteiger partial charge on any atom is -0.385 e. The quantitative estimate of drug-likeness (QED) is 0.261. The van der Waals surface area contributed by atoms with Crippen molar-refractivity contribution in [3.8, 4) is 0 Å². The van der Waals surface area contributed by atoms with E-state index in [9.17, 15) is 0 Å². The summed E-state index contributed by atoms with van der Waals surface area (Å²) in [7, 11) is 1.79. The second-order valence-electron chi connectivity index (χ2n) is 5.28. The molecule has 110 valence electrons. The van der Waals surface area contributed by atoms with E-state index in [0.717, 1.165) is 6.61 Å². The van der Waals surface area contributed by atoms with E-state index in [-0.39, 0.29) is 0 Å². The lowest BCUT2D eigenvalue weighted by molar-refractivity contribution is 0.192. The van der Waals surface area contributed by atoms with Gasteiger partial charge in [0.15, 0.2) is 0 Å². The predicted octanol–water partition coefficient (Wildman–Crippen LogP) is 6.10. The Morgan fingerprint density at radius 1 is 0.556 bits per heavy atom. The summed E-state index contributed by atoms with van der Waals surface area (Å²) in [6, 6.07) is 0. The molecule has 0 unspecified atom stereocenters. The molecule has 0 rings (SSSR count). The summed E-state index contributed by atoms with van der Waals surface area (Å²) < 4.78 is 5.05.